The average molecular weight is 388 g/mol. The lowest BCUT2D eigenvalue weighted by Gasteiger charge is -2.15. The fourth-order valence-electron chi connectivity index (χ4n) is 2.25. The maximum atomic E-state index is 12.7. The van der Waals surface area contributed by atoms with Gasteiger partial charge in [0.25, 0.3) is 11.8 Å². The summed E-state index contributed by atoms with van der Waals surface area (Å²) in [6.45, 7) is 3.90. The van der Waals surface area contributed by atoms with Crippen molar-refractivity contribution in [3.05, 3.63) is 51.8 Å². The van der Waals surface area contributed by atoms with Crippen molar-refractivity contribution in [3.8, 4) is 11.5 Å². The van der Waals surface area contributed by atoms with E-state index < -0.39 is 5.91 Å². The Labute approximate surface area is 163 Å². The molecule has 0 aliphatic heterocycles. The Bertz CT molecular complexity index is 815. The molecular formula is C20H24N2O4S. The third-order valence-electron chi connectivity index (χ3n) is 3.96. The fraction of sp³-hybridized carbons (Fsp3) is 0.300. The van der Waals surface area contributed by atoms with E-state index in [1.54, 1.807) is 24.3 Å². The topological polar surface area (TPSA) is 76.7 Å². The SMILES string of the molecule is CC[C@H](C)NC(=O)/C(=C/c1cccs1)NC(=O)c1ccc(OC)c(OC)c1. The van der Waals surface area contributed by atoms with E-state index in [9.17, 15) is 9.59 Å². The van der Waals surface area contributed by atoms with Gasteiger partial charge < -0.3 is 20.1 Å². The molecule has 27 heavy (non-hydrogen) atoms. The predicted molar refractivity (Wildman–Crippen MR) is 107 cm³/mol. The minimum atomic E-state index is -0.405. The van der Waals surface area contributed by atoms with Crippen LogP contribution < -0.4 is 20.1 Å². The number of benzene rings is 1. The molecule has 2 N–H and O–H groups in total. The molecule has 0 aliphatic rings. The Kier molecular flexibility index (Phi) is 7.43. The van der Waals surface area contributed by atoms with Crippen LogP contribution in [0.2, 0.25) is 0 Å². The van der Waals surface area contributed by atoms with Gasteiger partial charge in [0.2, 0.25) is 0 Å². The second-order valence-electron chi connectivity index (χ2n) is 5.88. The van der Waals surface area contributed by atoms with Gasteiger partial charge in [0, 0.05) is 16.5 Å². The van der Waals surface area contributed by atoms with Crippen LogP contribution in [-0.2, 0) is 4.79 Å². The normalized spacial score (nSPS) is 12.2. The minimum absolute atomic E-state index is 0.00205. The first-order valence-corrected chi connectivity index (χ1v) is 9.45. The second-order valence-corrected chi connectivity index (χ2v) is 6.86. The molecule has 2 rings (SSSR count). The van der Waals surface area contributed by atoms with Crippen LogP contribution in [0, 0.1) is 0 Å². The highest BCUT2D eigenvalue weighted by Gasteiger charge is 2.17. The number of carbonyl (C=O) groups excluding carboxylic acids is 2. The van der Waals surface area contributed by atoms with Crippen LogP contribution in [0.4, 0.5) is 0 Å². The molecule has 6 nitrogen and oxygen atoms in total. The van der Waals surface area contributed by atoms with Gasteiger partial charge in [-0.25, -0.2) is 0 Å². The Morgan fingerprint density at radius 1 is 1.19 bits per heavy atom. The van der Waals surface area contributed by atoms with Gasteiger partial charge in [-0.1, -0.05) is 13.0 Å². The Morgan fingerprint density at radius 3 is 2.52 bits per heavy atom. The molecule has 0 saturated heterocycles. The lowest BCUT2D eigenvalue weighted by atomic mass is 10.1. The number of carbonyl (C=O) groups is 2. The summed E-state index contributed by atoms with van der Waals surface area (Å²) < 4.78 is 10.4. The molecule has 0 bridgehead atoms. The highest BCUT2D eigenvalue weighted by molar-refractivity contribution is 7.10. The van der Waals surface area contributed by atoms with Crippen molar-refractivity contribution in [2.45, 2.75) is 26.3 Å². The molecule has 0 radical (unpaired) electrons. The lowest BCUT2D eigenvalue weighted by molar-refractivity contribution is -0.118. The first-order valence-electron chi connectivity index (χ1n) is 8.57. The standard InChI is InChI=1S/C20H24N2O4S/c1-5-13(2)21-20(24)16(12-15-7-6-10-27-15)22-19(23)14-8-9-17(25-3)18(11-14)26-4/h6-13H,5H2,1-4H3,(H,21,24)(H,22,23)/b16-12-/t13-/m0/s1. The van der Waals surface area contributed by atoms with Gasteiger partial charge in [0.05, 0.1) is 14.2 Å². The van der Waals surface area contributed by atoms with Crippen molar-refractivity contribution < 1.29 is 19.1 Å². The van der Waals surface area contributed by atoms with E-state index in [0.717, 1.165) is 11.3 Å². The van der Waals surface area contributed by atoms with E-state index in [-0.39, 0.29) is 17.6 Å². The maximum Gasteiger partial charge on any atom is 0.268 e. The zero-order chi connectivity index (χ0) is 19.8. The molecule has 2 amide bonds. The van der Waals surface area contributed by atoms with E-state index in [1.807, 2.05) is 31.4 Å². The van der Waals surface area contributed by atoms with Crippen molar-refractivity contribution in [2.75, 3.05) is 14.2 Å². The zero-order valence-corrected chi connectivity index (χ0v) is 16.7. The van der Waals surface area contributed by atoms with E-state index in [1.165, 1.54) is 25.6 Å². The summed E-state index contributed by atoms with van der Waals surface area (Å²) in [5.41, 5.74) is 0.554. The van der Waals surface area contributed by atoms with Crippen molar-refractivity contribution in [1.29, 1.82) is 0 Å². The summed E-state index contributed by atoms with van der Waals surface area (Å²) in [4.78, 5) is 26.2. The van der Waals surface area contributed by atoms with E-state index in [0.29, 0.717) is 17.1 Å². The fourth-order valence-corrected chi connectivity index (χ4v) is 2.91. The van der Waals surface area contributed by atoms with E-state index >= 15 is 0 Å². The zero-order valence-electron chi connectivity index (χ0n) is 15.9. The van der Waals surface area contributed by atoms with Crippen LogP contribution in [0.3, 0.4) is 0 Å². The van der Waals surface area contributed by atoms with Gasteiger partial charge in [-0.3, -0.25) is 9.59 Å². The molecule has 0 saturated carbocycles. The highest BCUT2D eigenvalue weighted by atomic mass is 32.1. The lowest BCUT2D eigenvalue weighted by Crippen LogP contribution is -2.38. The number of ether oxygens (including phenoxy) is 2. The summed E-state index contributed by atoms with van der Waals surface area (Å²) in [6.07, 6.45) is 2.46. The van der Waals surface area contributed by atoms with Crippen molar-refractivity contribution in [2.24, 2.45) is 0 Å². The Hall–Kier alpha value is -2.80. The number of rotatable bonds is 8. The summed E-state index contributed by atoms with van der Waals surface area (Å²) >= 11 is 1.48. The number of hydrogen-bond donors (Lipinski definition) is 2. The highest BCUT2D eigenvalue weighted by Crippen LogP contribution is 2.27. The number of hydrogen-bond acceptors (Lipinski definition) is 5. The first kappa shape index (κ1) is 20.5. The molecule has 144 valence electrons. The average Bonchev–Trinajstić information content (AvgIpc) is 3.19. The van der Waals surface area contributed by atoms with Crippen molar-refractivity contribution in [1.82, 2.24) is 10.6 Å². The van der Waals surface area contributed by atoms with Crippen LogP contribution in [0.25, 0.3) is 6.08 Å². The molecule has 2 aromatic rings. The maximum absolute atomic E-state index is 12.7. The molecular weight excluding hydrogens is 364 g/mol. The molecule has 1 aromatic carbocycles. The van der Waals surface area contributed by atoms with Gasteiger partial charge >= 0.3 is 0 Å². The number of thiophene rings is 1. The first-order chi connectivity index (χ1) is 13.0. The summed E-state index contributed by atoms with van der Waals surface area (Å²) in [6, 6.07) is 8.60. The molecule has 0 spiro atoms. The van der Waals surface area contributed by atoms with Crippen molar-refractivity contribution >= 4 is 29.2 Å². The number of nitrogens with one attached hydrogen (secondary N) is 2. The number of amides is 2. The van der Waals surface area contributed by atoms with Gasteiger partial charge in [-0.2, -0.15) is 0 Å². The molecule has 7 heteroatoms. The molecule has 1 atom stereocenters. The van der Waals surface area contributed by atoms with Gasteiger partial charge in [-0.05, 0) is 49.1 Å². The molecule has 0 aliphatic carbocycles. The Morgan fingerprint density at radius 2 is 1.93 bits per heavy atom. The third kappa shape index (κ3) is 5.59. The molecule has 1 aromatic heterocycles. The Balaban J connectivity index is 2.26. The third-order valence-corrected chi connectivity index (χ3v) is 4.78. The van der Waals surface area contributed by atoms with Crippen LogP contribution in [0.15, 0.2) is 41.4 Å². The van der Waals surface area contributed by atoms with E-state index in [4.69, 9.17) is 9.47 Å². The van der Waals surface area contributed by atoms with Gasteiger partial charge in [-0.15, -0.1) is 11.3 Å². The molecule has 0 fully saturated rings. The van der Waals surface area contributed by atoms with E-state index in [2.05, 4.69) is 10.6 Å². The summed E-state index contributed by atoms with van der Waals surface area (Å²) in [7, 11) is 3.03. The summed E-state index contributed by atoms with van der Waals surface area (Å²) in [5.74, 6) is 0.237. The minimum Gasteiger partial charge on any atom is -0.493 e. The second kappa shape index (κ2) is 9.78. The molecule has 1 heterocycles. The van der Waals surface area contributed by atoms with Crippen LogP contribution in [0.1, 0.15) is 35.5 Å². The van der Waals surface area contributed by atoms with Crippen LogP contribution >= 0.6 is 11.3 Å². The predicted octanol–water partition coefficient (Wildman–Crippen LogP) is 3.45. The van der Waals surface area contributed by atoms with Crippen LogP contribution in [-0.4, -0.2) is 32.1 Å². The van der Waals surface area contributed by atoms with Gasteiger partial charge in [0.15, 0.2) is 11.5 Å². The van der Waals surface area contributed by atoms with Crippen LogP contribution in [0.5, 0.6) is 11.5 Å². The van der Waals surface area contributed by atoms with Crippen molar-refractivity contribution in [3.63, 3.8) is 0 Å². The quantitative estimate of drug-likeness (QED) is 0.679. The number of methoxy groups -OCH3 is 2. The summed E-state index contributed by atoms with van der Waals surface area (Å²) in [5, 5.41) is 7.50. The van der Waals surface area contributed by atoms with Gasteiger partial charge in [0.1, 0.15) is 5.70 Å². The monoisotopic (exact) mass is 388 g/mol. The largest absolute Gasteiger partial charge is 0.493 e. The smallest absolute Gasteiger partial charge is 0.268 e. The molecule has 0 unspecified atom stereocenters.